The van der Waals surface area contributed by atoms with Crippen LogP contribution >= 0.6 is 0 Å². The summed E-state index contributed by atoms with van der Waals surface area (Å²) in [5, 5.41) is 11.0. The number of methoxy groups -OCH3 is 2. The lowest BCUT2D eigenvalue weighted by Gasteiger charge is -2.32. The summed E-state index contributed by atoms with van der Waals surface area (Å²) in [4.78, 5) is 25.6. The molecule has 0 amide bonds. The Morgan fingerprint density at radius 1 is 1.23 bits per heavy atom. The molecule has 0 radical (unpaired) electrons. The van der Waals surface area contributed by atoms with Gasteiger partial charge in [-0.2, -0.15) is 0 Å². The summed E-state index contributed by atoms with van der Waals surface area (Å²) in [6.07, 6.45) is -1.91. The molecule has 4 saturated heterocycles. The molecular formula is C22H26O9. The molecule has 0 aromatic heterocycles. The predicted molar refractivity (Wildman–Crippen MR) is 103 cm³/mol. The lowest BCUT2D eigenvalue weighted by Crippen LogP contribution is -2.44. The highest BCUT2D eigenvalue weighted by Gasteiger charge is 2.99. The van der Waals surface area contributed by atoms with Crippen molar-refractivity contribution in [1.29, 1.82) is 0 Å². The molecule has 5 rings (SSSR count). The maximum Gasteiger partial charge on any atom is 0.347 e. The van der Waals surface area contributed by atoms with E-state index in [1.807, 2.05) is 0 Å². The molecule has 4 fully saturated rings. The smallest absolute Gasteiger partial charge is 0.347 e. The van der Waals surface area contributed by atoms with Crippen LogP contribution in [-0.2, 0) is 38.0 Å². The molecule has 31 heavy (non-hydrogen) atoms. The monoisotopic (exact) mass is 434 g/mol. The van der Waals surface area contributed by atoms with E-state index in [9.17, 15) is 14.7 Å². The van der Waals surface area contributed by atoms with Crippen molar-refractivity contribution in [2.75, 3.05) is 14.2 Å². The lowest BCUT2D eigenvalue weighted by atomic mass is 9.80. The Morgan fingerprint density at radius 2 is 1.94 bits per heavy atom. The van der Waals surface area contributed by atoms with E-state index < -0.39 is 65.4 Å². The van der Waals surface area contributed by atoms with Crippen molar-refractivity contribution in [2.24, 2.45) is 11.8 Å². The highest BCUT2D eigenvalue weighted by atomic mass is 17.0. The summed E-state index contributed by atoms with van der Waals surface area (Å²) in [5.41, 5.74) is 0.0214. The number of esters is 2. The van der Waals surface area contributed by atoms with E-state index in [0.717, 1.165) is 0 Å². The molecule has 0 aliphatic carbocycles. The van der Waals surface area contributed by atoms with Gasteiger partial charge in [-0.1, -0.05) is 24.3 Å². The van der Waals surface area contributed by atoms with Crippen LogP contribution in [0.2, 0.25) is 0 Å². The fraction of sp³-hybridized carbons (Fsp3) is 0.636. The van der Waals surface area contributed by atoms with Crippen molar-refractivity contribution in [2.45, 2.75) is 61.9 Å². The zero-order valence-corrected chi connectivity index (χ0v) is 17.9. The molecule has 9 heteroatoms. The molecule has 5 aliphatic heterocycles. The molecule has 2 spiro atoms. The Kier molecular flexibility index (Phi) is 4.21. The van der Waals surface area contributed by atoms with Gasteiger partial charge in [0.2, 0.25) is 11.6 Å². The lowest BCUT2D eigenvalue weighted by molar-refractivity contribution is -0.194. The highest BCUT2D eigenvalue weighted by Crippen LogP contribution is 2.75. The Balaban J connectivity index is 1.69. The minimum Gasteiger partial charge on any atom is -0.467 e. The van der Waals surface area contributed by atoms with Gasteiger partial charge in [-0.25, -0.2) is 9.59 Å². The summed E-state index contributed by atoms with van der Waals surface area (Å²) in [6.45, 7) is 11.6. The average Bonchev–Trinajstić information content (AvgIpc) is 3.53. The van der Waals surface area contributed by atoms with Crippen LogP contribution in [0.1, 0.15) is 20.3 Å². The maximum atomic E-state index is 12.8. The van der Waals surface area contributed by atoms with Gasteiger partial charge in [0.1, 0.15) is 12.2 Å². The number of ether oxygens (including phenoxy) is 6. The van der Waals surface area contributed by atoms with Gasteiger partial charge >= 0.3 is 11.9 Å². The maximum absolute atomic E-state index is 12.8. The third-order valence-electron chi connectivity index (χ3n) is 7.16. The quantitative estimate of drug-likeness (QED) is 0.389. The van der Waals surface area contributed by atoms with E-state index in [2.05, 4.69) is 13.2 Å². The van der Waals surface area contributed by atoms with Crippen molar-refractivity contribution in [3.05, 3.63) is 36.0 Å². The van der Waals surface area contributed by atoms with Crippen LogP contribution in [0.4, 0.5) is 0 Å². The van der Waals surface area contributed by atoms with Gasteiger partial charge in [0, 0.05) is 19.4 Å². The second kappa shape index (κ2) is 6.26. The number of hydrogen-bond acceptors (Lipinski definition) is 9. The van der Waals surface area contributed by atoms with E-state index in [1.54, 1.807) is 13.8 Å². The Bertz CT molecular complexity index is 939. The number of fused-ring (bicyclic) bond motifs is 3. The molecule has 4 bridgehead atoms. The van der Waals surface area contributed by atoms with Crippen molar-refractivity contribution in [1.82, 2.24) is 0 Å². The first-order valence-electron chi connectivity index (χ1n) is 10.2. The summed E-state index contributed by atoms with van der Waals surface area (Å²) in [7, 11) is 2.73. The summed E-state index contributed by atoms with van der Waals surface area (Å²) in [6, 6.07) is 0. The Labute approximate surface area is 179 Å². The fourth-order valence-electron chi connectivity index (χ4n) is 5.67. The first kappa shape index (κ1) is 20.8. The molecular weight excluding hydrogens is 408 g/mol. The van der Waals surface area contributed by atoms with Crippen molar-refractivity contribution in [3.8, 4) is 0 Å². The number of rotatable bonds is 4. The molecule has 0 aromatic rings. The second-order valence-corrected chi connectivity index (χ2v) is 9.02. The van der Waals surface area contributed by atoms with Crippen LogP contribution < -0.4 is 0 Å². The third-order valence-corrected chi connectivity index (χ3v) is 7.16. The van der Waals surface area contributed by atoms with E-state index in [-0.39, 0.29) is 12.0 Å². The van der Waals surface area contributed by atoms with Crippen LogP contribution in [-0.4, -0.2) is 72.9 Å². The van der Waals surface area contributed by atoms with E-state index in [0.29, 0.717) is 11.1 Å². The average molecular weight is 434 g/mol. The van der Waals surface area contributed by atoms with Gasteiger partial charge in [-0.05, 0) is 19.9 Å². The molecule has 5 aliphatic rings. The molecule has 0 aromatic carbocycles. The van der Waals surface area contributed by atoms with Crippen molar-refractivity contribution >= 4 is 11.9 Å². The Hall–Kier alpha value is -2.04. The van der Waals surface area contributed by atoms with E-state index >= 15 is 0 Å². The number of aliphatic hydroxyl groups is 1. The number of aliphatic hydroxyl groups excluding tert-OH is 1. The zero-order chi connectivity index (χ0) is 22.5. The predicted octanol–water partition coefficient (Wildman–Crippen LogP) is 0.766. The number of epoxide rings is 2. The van der Waals surface area contributed by atoms with Crippen LogP contribution in [0, 0.1) is 11.8 Å². The van der Waals surface area contributed by atoms with Crippen molar-refractivity contribution < 1.29 is 43.1 Å². The largest absolute Gasteiger partial charge is 0.467 e. The molecule has 0 saturated carbocycles. The minimum atomic E-state index is -1.47. The topological polar surface area (TPSA) is 116 Å². The van der Waals surface area contributed by atoms with Gasteiger partial charge in [-0.15, -0.1) is 0 Å². The van der Waals surface area contributed by atoms with Gasteiger partial charge < -0.3 is 33.5 Å². The van der Waals surface area contributed by atoms with Gasteiger partial charge in [0.05, 0.1) is 24.7 Å². The molecule has 1 N–H and O–H groups in total. The normalized spacial score (nSPS) is 50.7. The number of hydrogen-bond donors (Lipinski definition) is 1. The third kappa shape index (κ3) is 2.38. The summed E-state index contributed by atoms with van der Waals surface area (Å²) >= 11 is 0. The molecule has 5 heterocycles. The fourth-order valence-corrected chi connectivity index (χ4v) is 5.67. The SMILES string of the molecule is C=C(C)[C@@H]1C[C@@]23O[C@@]4(O[C@@H]4[C@]2(C(=O)OC)O3)[C@@H](C(=C)C)[C@@H]2OC(=O)/C(=C/[C@H]1O)[C@@H]2OC. The van der Waals surface area contributed by atoms with E-state index in [4.69, 9.17) is 28.4 Å². The van der Waals surface area contributed by atoms with Gasteiger partial charge in [0.15, 0.2) is 6.10 Å². The van der Waals surface area contributed by atoms with Crippen LogP contribution in [0.5, 0.6) is 0 Å². The number of carbonyl (C=O) groups is 2. The van der Waals surface area contributed by atoms with Gasteiger partial charge in [0.25, 0.3) is 5.60 Å². The van der Waals surface area contributed by atoms with Crippen LogP contribution in [0.3, 0.4) is 0 Å². The highest BCUT2D eigenvalue weighted by molar-refractivity contribution is 5.92. The zero-order valence-electron chi connectivity index (χ0n) is 17.9. The van der Waals surface area contributed by atoms with Crippen molar-refractivity contribution in [3.63, 3.8) is 0 Å². The number of carbonyl (C=O) groups excluding carboxylic acids is 2. The van der Waals surface area contributed by atoms with Crippen LogP contribution in [0.25, 0.3) is 0 Å². The van der Waals surface area contributed by atoms with Gasteiger partial charge in [-0.3, -0.25) is 0 Å². The van der Waals surface area contributed by atoms with Crippen LogP contribution in [0.15, 0.2) is 36.0 Å². The first-order valence-corrected chi connectivity index (χ1v) is 10.2. The molecule has 9 atom stereocenters. The molecule has 168 valence electrons. The molecule has 9 nitrogen and oxygen atoms in total. The standard InChI is InChI=1S/C22H26O9/c1-9(2)12-8-20-21(30-20,19(25)27-6)18-22(29-18,31-20)14(10(3)4)16-15(26-5)11(7-13(12)23)17(24)28-16/h7,12-16,18,23H,1,3,8H2,2,4-6H3/b11-7+/t12-,13+,14-,15-,16-,18+,20+,21+,22-/m0/s1. The Morgan fingerprint density at radius 3 is 2.52 bits per heavy atom. The van der Waals surface area contributed by atoms with E-state index in [1.165, 1.54) is 20.3 Å². The summed E-state index contributed by atoms with van der Waals surface area (Å²) in [5.74, 6) is -5.05. The first-order chi connectivity index (χ1) is 14.6. The molecule has 0 unspecified atom stereocenters. The summed E-state index contributed by atoms with van der Waals surface area (Å²) < 4.78 is 34.6. The second-order valence-electron chi connectivity index (χ2n) is 9.02. The minimum absolute atomic E-state index is 0.129.